The molecule has 0 bridgehead atoms. The van der Waals surface area contributed by atoms with E-state index in [1.54, 1.807) is 24.7 Å². The van der Waals surface area contributed by atoms with Crippen molar-refractivity contribution in [3.05, 3.63) is 23.5 Å². The van der Waals surface area contributed by atoms with E-state index in [-0.39, 0.29) is 5.97 Å². The van der Waals surface area contributed by atoms with Crippen molar-refractivity contribution in [1.29, 1.82) is 0 Å². The zero-order valence-electron chi connectivity index (χ0n) is 7.56. The lowest BCUT2D eigenvalue weighted by atomic mass is 10.3. The molecule has 0 radical (unpaired) electrons. The van der Waals surface area contributed by atoms with Crippen LogP contribution in [0.2, 0.25) is 0 Å². The second kappa shape index (κ2) is 3.71. The summed E-state index contributed by atoms with van der Waals surface area (Å²) in [5.74, 6) is -0.386. The van der Waals surface area contributed by atoms with E-state index in [1.807, 2.05) is 0 Å². The van der Waals surface area contributed by atoms with Crippen molar-refractivity contribution in [2.75, 3.05) is 6.61 Å². The van der Waals surface area contributed by atoms with E-state index >= 15 is 0 Å². The monoisotopic (exact) mass is 208 g/mol. The summed E-state index contributed by atoms with van der Waals surface area (Å²) in [5.41, 5.74) is 2.87. The topological polar surface area (TPSA) is 52.1 Å². The zero-order chi connectivity index (χ0) is 9.97. The van der Waals surface area contributed by atoms with Crippen LogP contribution in [0, 0.1) is 0 Å². The van der Waals surface area contributed by atoms with Crippen LogP contribution < -0.4 is 0 Å². The van der Waals surface area contributed by atoms with Gasteiger partial charge in [0.05, 0.1) is 28.5 Å². The predicted octanol–water partition coefficient (Wildman–Crippen LogP) is 1.87. The summed E-state index contributed by atoms with van der Waals surface area (Å²) in [4.78, 5) is 19.3. The number of esters is 1. The molecule has 5 heteroatoms. The first kappa shape index (κ1) is 9.08. The van der Waals surface area contributed by atoms with Gasteiger partial charge in [-0.25, -0.2) is 14.8 Å². The number of thiazole rings is 1. The van der Waals surface area contributed by atoms with Gasteiger partial charge in [-0.1, -0.05) is 0 Å². The largest absolute Gasteiger partial charge is 0.461 e. The molecule has 14 heavy (non-hydrogen) atoms. The number of rotatable bonds is 2. The third-order valence-electron chi connectivity index (χ3n) is 1.70. The summed E-state index contributed by atoms with van der Waals surface area (Å²) in [6, 6.07) is 1.70. The van der Waals surface area contributed by atoms with Crippen LogP contribution in [-0.2, 0) is 4.74 Å². The van der Waals surface area contributed by atoms with E-state index in [9.17, 15) is 4.79 Å². The number of nitrogens with zero attached hydrogens (tertiary/aromatic N) is 2. The molecule has 0 amide bonds. The van der Waals surface area contributed by atoms with Gasteiger partial charge >= 0.3 is 5.97 Å². The highest BCUT2D eigenvalue weighted by molar-refractivity contribution is 7.16. The zero-order valence-corrected chi connectivity index (χ0v) is 8.37. The van der Waals surface area contributed by atoms with Crippen molar-refractivity contribution >= 4 is 27.5 Å². The fourth-order valence-corrected chi connectivity index (χ4v) is 1.76. The number of pyridine rings is 1. The Kier molecular flexibility index (Phi) is 2.41. The second-order valence-electron chi connectivity index (χ2n) is 2.61. The third-order valence-corrected chi connectivity index (χ3v) is 2.49. The highest BCUT2D eigenvalue weighted by atomic mass is 32.1. The Morgan fingerprint density at radius 1 is 1.57 bits per heavy atom. The molecule has 0 aromatic carbocycles. The molecule has 0 N–H and O–H groups in total. The van der Waals surface area contributed by atoms with Crippen molar-refractivity contribution in [2.24, 2.45) is 0 Å². The lowest BCUT2D eigenvalue weighted by molar-refractivity contribution is 0.0520. The number of carbonyl (C=O) groups excluding carboxylic acids is 1. The van der Waals surface area contributed by atoms with Crippen molar-refractivity contribution in [3.63, 3.8) is 0 Å². The molecule has 2 heterocycles. The van der Waals surface area contributed by atoms with E-state index in [0.29, 0.717) is 12.3 Å². The maximum atomic E-state index is 11.3. The molecule has 0 saturated carbocycles. The van der Waals surface area contributed by atoms with Crippen LogP contribution in [0.4, 0.5) is 0 Å². The van der Waals surface area contributed by atoms with Crippen molar-refractivity contribution in [3.8, 4) is 0 Å². The molecule has 0 atom stereocenters. The predicted molar refractivity (Wildman–Crippen MR) is 53.4 cm³/mol. The average molecular weight is 208 g/mol. The Balaban J connectivity index is 2.38. The van der Waals surface area contributed by atoms with Crippen LogP contribution in [0.1, 0.15) is 17.4 Å². The molecule has 2 aromatic rings. The summed E-state index contributed by atoms with van der Waals surface area (Å²) in [6.45, 7) is 2.13. The summed E-state index contributed by atoms with van der Waals surface area (Å²) in [6.07, 6.45) is 1.58. The molecular formula is C9H8N2O2S. The van der Waals surface area contributed by atoms with Gasteiger partial charge in [-0.05, 0) is 13.0 Å². The Morgan fingerprint density at radius 3 is 3.21 bits per heavy atom. The van der Waals surface area contributed by atoms with E-state index in [1.165, 1.54) is 11.3 Å². The quantitative estimate of drug-likeness (QED) is 0.707. The minimum Gasteiger partial charge on any atom is -0.461 e. The smallest absolute Gasteiger partial charge is 0.356 e. The summed E-state index contributed by atoms with van der Waals surface area (Å²) >= 11 is 1.48. The van der Waals surface area contributed by atoms with Crippen molar-refractivity contribution in [2.45, 2.75) is 6.92 Å². The van der Waals surface area contributed by atoms with Crippen LogP contribution in [-0.4, -0.2) is 22.5 Å². The molecule has 72 valence electrons. The summed E-state index contributed by atoms with van der Waals surface area (Å²) in [5, 5.41) is 0. The Bertz CT molecular complexity index is 467. The average Bonchev–Trinajstić information content (AvgIpc) is 2.64. The standard InChI is InChI=1S/C9H8N2O2S/c1-2-13-9(12)6-3-8-7(4-10-6)11-5-14-8/h3-5H,2H2,1H3. The first-order valence-electron chi connectivity index (χ1n) is 4.17. The van der Waals surface area contributed by atoms with Gasteiger partial charge in [0, 0.05) is 0 Å². The number of aromatic nitrogens is 2. The van der Waals surface area contributed by atoms with Crippen LogP contribution in [0.5, 0.6) is 0 Å². The molecule has 0 unspecified atom stereocenters. The minimum absolute atomic E-state index is 0.337. The molecule has 2 rings (SSSR count). The van der Waals surface area contributed by atoms with Gasteiger partial charge in [-0.15, -0.1) is 11.3 Å². The first-order valence-corrected chi connectivity index (χ1v) is 5.05. The third kappa shape index (κ3) is 1.58. The molecule has 2 aromatic heterocycles. The highest BCUT2D eigenvalue weighted by Gasteiger charge is 2.09. The Labute approximate surface area is 84.6 Å². The van der Waals surface area contributed by atoms with Crippen molar-refractivity contribution in [1.82, 2.24) is 9.97 Å². The van der Waals surface area contributed by atoms with Crippen LogP contribution in [0.25, 0.3) is 10.2 Å². The minimum atomic E-state index is -0.386. The number of hydrogen-bond acceptors (Lipinski definition) is 5. The van der Waals surface area contributed by atoms with Crippen molar-refractivity contribution < 1.29 is 9.53 Å². The molecule has 0 fully saturated rings. The lowest BCUT2D eigenvalue weighted by Crippen LogP contribution is -2.06. The fraction of sp³-hybridized carbons (Fsp3) is 0.222. The lowest BCUT2D eigenvalue weighted by Gasteiger charge is -1.99. The number of fused-ring (bicyclic) bond motifs is 1. The van der Waals surface area contributed by atoms with Gasteiger partial charge in [0.25, 0.3) is 0 Å². The number of carbonyl (C=O) groups is 1. The molecule has 0 aliphatic heterocycles. The second-order valence-corrected chi connectivity index (χ2v) is 3.50. The van der Waals surface area contributed by atoms with Gasteiger partial charge in [-0.3, -0.25) is 0 Å². The van der Waals surface area contributed by atoms with Crippen LogP contribution in [0.15, 0.2) is 17.8 Å². The molecule has 0 spiro atoms. The molecule has 0 aliphatic rings. The van der Waals surface area contributed by atoms with E-state index in [2.05, 4.69) is 9.97 Å². The van der Waals surface area contributed by atoms with Crippen LogP contribution in [0.3, 0.4) is 0 Å². The van der Waals surface area contributed by atoms with Gasteiger partial charge in [-0.2, -0.15) is 0 Å². The normalized spacial score (nSPS) is 10.4. The SMILES string of the molecule is CCOC(=O)c1cc2scnc2cn1. The molecule has 0 aliphatic carbocycles. The van der Waals surface area contributed by atoms with Gasteiger partial charge < -0.3 is 4.74 Å². The van der Waals surface area contributed by atoms with Gasteiger partial charge in [0.1, 0.15) is 5.69 Å². The maximum Gasteiger partial charge on any atom is 0.356 e. The molecular weight excluding hydrogens is 200 g/mol. The number of hydrogen-bond donors (Lipinski definition) is 0. The van der Waals surface area contributed by atoms with Gasteiger partial charge in [0.15, 0.2) is 0 Å². The van der Waals surface area contributed by atoms with Gasteiger partial charge in [0.2, 0.25) is 0 Å². The molecule has 0 saturated heterocycles. The number of ether oxygens (including phenoxy) is 1. The Hall–Kier alpha value is -1.49. The van der Waals surface area contributed by atoms with E-state index in [4.69, 9.17) is 4.74 Å². The maximum absolute atomic E-state index is 11.3. The first-order chi connectivity index (χ1) is 6.81. The highest BCUT2D eigenvalue weighted by Crippen LogP contribution is 2.17. The van der Waals surface area contributed by atoms with Crippen LogP contribution >= 0.6 is 11.3 Å². The Morgan fingerprint density at radius 2 is 2.43 bits per heavy atom. The molecule has 4 nitrogen and oxygen atoms in total. The fourth-order valence-electron chi connectivity index (χ4n) is 1.08. The summed E-state index contributed by atoms with van der Waals surface area (Å²) < 4.78 is 5.78. The summed E-state index contributed by atoms with van der Waals surface area (Å²) in [7, 11) is 0. The van der Waals surface area contributed by atoms with E-state index < -0.39 is 0 Å². The van der Waals surface area contributed by atoms with E-state index in [0.717, 1.165) is 10.2 Å².